The van der Waals surface area contributed by atoms with Crippen molar-refractivity contribution >= 4 is 28.6 Å². The molecule has 1 aromatic carbocycles. The van der Waals surface area contributed by atoms with Gasteiger partial charge in [-0.25, -0.2) is 0 Å². The molecule has 1 aliphatic heterocycles. The Bertz CT molecular complexity index is 447. The summed E-state index contributed by atoms with van der Waals surface area (Å²) < 4.78 is 0. The number of hydrogen-bond donors (Lipinski definition) is 2. The molecule has 1 unspecified atom stereocenters. The molecule has 1 atom stereocenters. The van der Waals surface area contributed by atoms with Crippen LogP contribution in [0.25, 0.3) is 0 Å². The van der Waals surface area contributed by atoms with Gasteiger partial charge in [0.2, 0.25) is 5.91 Å². The van der Waals surface area contributed by atoms with Gasteiger partial charge in [0.1, 0.15) is 11.8 Å². The molecule has 6 heteroatoms. The molecule has 1 aromatic rings. The van der Waals surface area contributed by atoms with E-state index in [-0.39, 0.29) is 16.9 Å². The van der Waals surface area contributed by atoms with Crippen LogP contribution in [0.3, 0.4) is 0 Å². The molecule has 17 heavy (non-hydrogen) atoms. The molecule has 0 aromatic heterocycles. The molecule has 1 heterocycles. The lowest BCUT2D eigenvalue weighted by molar-refractivity contribution is -0.119. The number of carbonyl (C=O) groups excluding carboxylic acids is 2. The van der Waals surface area contributed by atoms with Gasteiger partial charge in [-0.1, -0.05) is 11.8 Å². The summed E-state index contributed by atoms with van der Waals surface area (Å²) in [7, 11) is 1.64. The topological polar surface area (TPSA) is 69.6 Å². The lowest BCUT2D eigenvalue weighted by Crippen LogP contribution is -2.43. The quantitative estimate of drug-likeness (QED) is 0.829. The van der Waals surface area contributed by atoms with Gasteiger partial charge in [0.05, 0.1) is 0 Å². The first kappa shape index (κ1) is 11.8. The molecule has 2 rings (SSSR count). The number of hydrogen-bond acceptors (Lipinski definition) is 4. The number of nitrogens with one attached hydrogen (secondary N) is 1. The molecule has 0 spiro atoms. The summed E-state index contributed by atoms with van der Waals surface area (Å²) in [6.45, 7) is 0. The van der Waals surface area contributed by atoms with E-state index >= 15 is 0 Å². The third-order valence-electron chi connectivity index (χ3n) is 2.54. The first-order valence-corrected chi connectivity index (χ1v) is 6.06. The van der Waals surface area contributed by atoms with Gasteiger partial charge in [0.25, 0.3) is 5.24 Å². The van der Waals surface area contributed by atoms with Crippen molar-refractivity contribution in [1.29, 1.82) is 0 Å². The zero-order valence-electron chi connectivity index (χ0n) is 9.21. The van der Waals surface area contributed by atoms with Gasteiger partial charge in [-0.05, 0) is 24.3 Å². The molecular weight excluding hydrogens is 240 g/mol. The number of rotatable bonds is 2. The third-order valence-corrected chi connectivity index (χ3v) is 3.42. The van der Waals surface area contributed by atoms with Gasteiger partial charge >= 0.3 is 0 Å². The first-order valence-electron chi connectivity index (χ1n) is 5.08. The van der Waals surface area contributed by atoms with Crippen molar-refractivity contribution in [2.75, 3.05) is 17.7 Å². The second-order valence-electron chi connectivity index (χ2n) is 3.71. The number of nitrogens with zero attached hydrogens (tertiary/aromatic N) is 1. The van der Waals surface area contributed by atoms with Crippen LogP contribution in [0, 0.1) is 0 Å². The second-order valence-corrected chi connectivity index (χ2v) is 4.70. The number of phenols is 1. The maximum Gasteiger partial charge on any atom is 0.279 e. The zero-order chi connectivity index (χ0) is 12.4. The van der Waals surface area contributed by atoms with E-state index in [2.05, 4.69) is 5.32 Å². The zero-order valence-corrected chi connectivity index (χ0v) is 10.0. The summed E-state index contributed by atoms with van der Waals surface area (Å²) in [6.07, 6.45) is 0. The smallest absolute Gasteiger partial charge is 0.279 e. The Kier molecular flexibility index (Phi) is 3.23. The number of aromatic hydroxyl groups is 1. The second kappa shape index (κ2) is 4.67. The summed E-state index contributed by atoms with van der Waals surface area (Å²) in [6, 6.07) is 5.86. The van der Waals surface area contributed by atoms with Crippen LogP contribution in [-0.2, 0) is 4.79 Å². The van der Waals surface area contributed by atoms with Crippen molar-refractivity contribution in [2.45, 2.75) is 6.04 Å². The standard InChI is InChI=1S/C11H12N2O3S/c1-13(7-2-4-8(14)5-3-7)10(15)9-6-17-11(16)12-9/h2-5,9,14H,6H2,1H3,(H,12,16). The fourth-order valence-electron chi connectivity index (χ4n) is 1.55. The van der Waals surface area contributed by atoms with Gasteiger partial charge in [-0.2, -0.15) is 0 Å². The molecule has 0 bridgehead atoms. The molecule has 2 amide bonds. The first-order chi connectivity index (χ1) is 8.08. The Labute approximate surface area is 103 Å². The lowest BCUT2D eigenvalue weighted by atomic mass is 10.2. The van der Waals surface area contributed by atoms with E-state index in [1.54, 1.807) is 19.2 Å². The van der Waals surface area contributed by atoms with Crippen molar-refractivity contribution in [3.63, 3.8) is 0 Å². The number of phenolic OH excluding ortho intramolecular Hbond substituents is 1. The number of anilines is 1. The molecule has 0 aliphatic carbocycles. The van der Waals surface area contributed by atoms with Crippen molar-refractivity contribution in [3.8, 4) is 5.75 Å². The summed E-state index contributed by atoms with van der Waals surface area (Å²) in [5, 5.41) is 11.6. The van der Waals surface area contributed by atoms with E-state index in [1.807, 2.05) is 0 Å². The minimum atomic E-state index is -0.466. The van der Waals surface area contributed by atoms with Crippen molar-refractivity contribution < 1.29 is 14.7 Å². The maximum absolute atomic E-state index is 12.0. The van der Waals surface area contributed by atoms with Crippen LogP contribution in [-0.4, -0.2) is 35.1 Å². The predicted octanol–water partition coefficient (Wildman–Crippen LogP) is 1.18. The van der Waals surface area contributed by atoms with Gasteiger partial charge in [-0.3, -0.25) is 9.59 Å². The van der Waals surface area contributed by atoms with E-state index < -0.39 is 6.04 Å². The molecule has 2 N–H and O–H groups in total. The minimum Gasteiger partial charge on any atom is -0.508 e. The molecule has 90 valence electrons. The average Bonchev–Trinajstić information content (AvgIpc) is 2.75. The Morgan fingerprint density at radius 2 is 2.12 bits per heavy atom. The van der Waals surface area contributed by atoms with E-state index in [9.17, 15) is 9.59 Å². The van der Waals surface area contributed by atoms with Crippen LogP contribution in [0.2, 0.25) is 0 Å². The molecule has 0 radical (unpaired) electrons. The van der Waals surface area contributed by atoms with Crippen LogP contribution in [0.5, 0.6) is 5.75 Å². The fourth-order valence-corrected chi connectivity index (χ4v) is 2.32. The van der Waals surface area contributed by atoms with E-state index in [1.165, 1.54) is 17.0 Å². The highest BCUT2D eigenvalue weighted by molar-refractivity contribution is 8.14. The van der Waals surface area contributed by atoms with E-state index in [4.69, 9.17) is 5.11 Å². The van der Waals surface area contributed by atoms with Crippen LogP contribution in [0.4, 0.5) is 10.5 Å². The highest BCUT2D eigenvalue weighted by Gasteiger charge is 2.30. The van der Waals surface area contributed by atoms with Gasteiger partial charge in [-0.15, -0.1) is 0 Å². The summed E-state index contributed by atoms with van der Waals surface area (Å²) in [5.74, 6) is 0.452. The Hall–Kier alpha value is -1.69. The van der Waals surface area contributed by atoms with Crippen LogP contribution < -0.4 is 10.2 Å². The fraction of sp³-hybridized carbons (Fsp3) is 0.273. The monoisotopic (exact) mass is 252 g/mol. The molecule has 1 fully saturated rings. The van der Waals surface area contributed by atoms with Crippen molar-refractivity contribution in [3.05, 3.63) is 24.3 Å². The molecule has 1 saturated heterocycles. The largest absolute Gasteiger partial charge is 0.508 e. The van der Waals surface area contributed by atoms with Crippen molar-refractivity contribution in [2.24, 2.45) is 0 Å². The van der Waals surface area contributed by atoms with Gasteiger partial charge < -0.3 is 15.3 Å². The van der Waals surface area contributed by atoms with E-state index in [0.29, 0.717) is 11.4 Å². The number of likely N-dealkylation sites (N-methyl/N-ethyl adjacent to an activating group) is 1. The maximum atomic E-state index is 12.0. The minimum absolute atomic E-state index is 0.152. The van der Waals surface area contributed by atoms with Crippen LogP contribution >= 0.6 is 11.8 Å². The SMILES string of the molecule is CN(C(=O)C1CSC(=O)N1)c1ccc(O)cc1. The van der Waals surface area contributed by atoms with Gasteiger partial charge in [0.15, 0.2) is 0 Å². The normalized spacial score (nSPS) is 18.9. The van der Waals surface area contributed by atoms with E-state index in [0.717, 1.165) is 11.8 Å². The number of amides is 2. The number of thioether (sulfide) groups is 1. The Morgan fingerprint density at radius 3 is 2.65 bits per heavy atom. The van der Waals surface area contributed by atoms with Crippen LogP contribution in [0.1, 0.15) is 0 Å². The molecular formula is C11H12N2O3S. The molecule has 0 saturated carbocycles. The summed E-state index contributed by atoms with van der Waals surface area (Å²) in [4.78, 5) is 24.5. The highest BCUT2D eigenvalue weighted by atomic mass is 32.2. The number of carbonyl (C=O) groups is 2. The summed E-state index contributed by atoms with van der Waals surface area (Å²) >= 11 is 1.11. The predicted molar refractivity (Wildman–Crippen MR) is 66.3 cm³/mol. The molecule has 1 aliphatic rings. The van der Waals surface area contributed by atoms with Crippen molar-refractivity contribution in [1.82, 2.24) is 5.32 Å². The number of benzene rings is 1. The average molecular weight is 252 g/mol. The molecule has 5 nitrogen and oxygen atoms in total. The Morgan fingerprint density at radius 1 is 1.47 bits per heavy atom. The highest BCUT2D eigenvalue weighted by Crippen LogP contribution is 2.20. The Balaban J connectivity index is 2.09. The lowest BCUT2D eigenvalue weighted by Gasteiger charge is -2.20. The van der Waals surface area contributed by atoms with Crippen LogP contribution in [0.15, 0.2) is 24.3 Å². The third kappa shape index (κ3) is 2.52. The van der Waals surface area contributed by atoms with Gasteiger partial charge in [0, 0.05) is 18.5 Å². The summed E-state index contributed by atoms with van der Waals surface area (Å²) in [5.41, 5.74) is 0.680.